The Hall–Kier alpha value is -1.61. The number of aliphatic hydroxyl groups excluding tert-OH is 1. The highest BCUT2D eigenvalue weighted by atomic mass is 32.2. The van der Waals surface area contributed by atoms with Crippen molar-refractivity contribution in [2.45, 2.75) is 82.8 Å². The molecule has 1 N–H and O–H groups in total. The smallest absolute Gasteiger partial charge is 0.330 e. The number of ether oxygens (including phenoxy) is 3. The number of thioether (sulfide) groups is 1. The summed E-state index contributed by atoms with van der Waals surface area (Å²) in [6.45, 7) is 4.58. The Morgan fingerprint density at radius 3 is 2.85 bits per heavy atom. The van der Waals surface area contributed by atoms with Gasteiger partial charge in [0.2, 0.25) is 0 Å². The first-order valence-corrected chi connectivity index (χ1v) is 13.3. The molecule has 0 aromatic carbocycles. The SMILES string of the molecule is CO[C@]1([C@@H]2CSC(=O)N2CCCO)C[C@H]2C[C@@H](CC[C@H](C)/C=C\C=C\CC/C(C)=C\C(=O)O2)O1. The zero-order valence-electron chi connectivity index (χ0n) is 20.6. The van der Waals surface area contributed by atoms with Crippen LogP contribution in [-0.4, -0.2) is 71.3 Å². The topological polar surface area (TPSA) is 85.3 Å². The molecular formula is C26H39NO6S. The van der Waals surface area contributed by atoms with E-state index in [4.69, 9.17) is 14.2 Å². The third-order valence-corrected chi connectivity index (χ3v) is 7.74. The maximum atomic E-state index is 12.7. The van der Waals surface area contributed by atoms with E-state index in [0.717, 1.165) is 31.3 Å². The molecule has 190 valence electrons. The highest BCUT2D eigenvalue weighted by Gasteiger charge is 2.54. The first-order valence-electron chi connectivity index (χ1n) is 12.3. The molecule has 3 aliphatic heterocycles. The Morgan fingerprint density at radius 1 is 1.26 bits per heavy atom. The lowest BCUT2D eigenvalue weighted by Crippen LogP contribution is -2.60. The largest absolute Gasteiger partial charge is 0.459 e. The highest BCUT2D eigenvalue weighted by molar-refractivity contribution is 8.13. The number of aliphatic hydroxyl groups is 1. The molecule has 3 rings (SSSR count). The molecule has 0 spiro atoms. The molecule has 0 aromatic rings. The lowest BCUT2D eigenvalue weighted by atomic mass is 9.89. The first-order chi connectivity index (χ1) is 16.4. The van der Waals surface area contributed by atoms with Gasteiger partial charge in [0.05, 0.1) is 12.1 Å². The molecule has 0 aliphatic carbocycles. The van der Waals surface area contributed by atoms with Crippen LogP contribution in [-0.2, 0) is 19.0 Å². The third kappa shape index (κ3) is 7.20. The van der Waals surface area contributed by atoms with Crippen molar-refractivity contribution in [2.75, 3.05) is 26.0 Å². The Labute approximate surface area is 207 Å². The van der Waals surface area contributed by atoms with Crippen LogP contribution in [0.15, 0.2) is 36.0 Å². The van der Waals surface area contributed by atoms with Gasteiger partial charge in [0.1, 0.15) is 6.10 Å². The Morgan fingerprint density at radius 2 is 2.09 bits per heavy atom. The van der Waals surface area contributed by atoms with Crippen molar-refractivity contribution in [3.05, 3.63) is 36.0 Å². The monoisotopic (exact) mass is 493 g/mol. The summed E-state index contributed by atoms with van der Waals surface area (Å²) < 4.78 is 18.6. The minimum absolute atomic E-state index is 0.0111. The second kappa shape index (κ2) is 12.9. The molecule has 8 heteroatoms. The lowest BCUT2D eigenvalue weighted by molar-refractivity contribution is -0.305. The number of methoxy groups -OCH3 is 1. The fourth-order valence-electron chi connectivity index (χ4n) is 4.88. The maximum Gasteiger partial charge on any atom is 0.330 e. The van der Waals surface area contributed by atoms with Crippen LogP contribution in [0.4, 0.5) is 4.79 Å². The van der Waals surface area contributed by atoms with Crippen LogP contribution < -0.4 is 0 Å². The van der Waals surface area contributed by atoms with E-state index < -0.39 is 5.79 Å². The van der Waals surface area contributed by atoms with E-state index >= 15 is 0 Å². The summed E-state index contributed by atoms with van der Waals surface area (Å²) in [5.41, 5.74) is 0.980. The molecule has 0 unspecified atom stereocenters. The summed E-state index contributed by atoms with van der Waals surface area (Å²) in [6, 6.07) is -0.309. The van der Waals surface area contributed by atoms with Crippen molar-refractivity contribution in [2.24, 2.45) is 5.92 Å². The summed E-state index contributed by atoms with van der Waals surface area (Å²) in [6.07, 6.45) is 14.4. The van der Waals surface area contributed by atoms with Crippen LogP contribution >= 0.6 is 11.8 Å². The van der Waals surface area contributed by atoms with E-state index in [1.54, 1.807) is 18.1 Å². The molecule has 34 heavy (non-hydrogen) atoms. The molecule has 0 saturated carbocycles. The summed E-state index contributed by atoms with van der Waals surface area (Å²) >= 11 is 1.25. The number of hydrogen-bond acceptors (Lipinski definition) is 7. The molecule has 7 nitrogen and oxygen atoms in total. The summed E-state index contributed by atoms with van der Waals surface area (Å²) in [5, 5.41) is 9.28. The standard InChI is InChI=1S/C26H39NO6S/c1-19-9-6-4-5-7-10-20(2)15-24(29)32-22-16-21(12-11-19)33-26(17-22,31-3)23-18-34-25(30)27(23)13-8-14-28/h4-6,9,15,19,21-23,28H,7-8,10-14,16-18H2,1-3H3/b5-4+,9-6-,20-15-/t19-,21-,22-,23+,26-/m1/s1. The molecule has 3 heterocycles. The van der Waals surface area contributed by atoms with Gasteiger partial charge >= 0.3 is 5.97 Å². The van der Waals surface area contributed by atoms with Crippen LogP contribution in [0.1, 0.15) is 58.8 Å². The Bertz CT molecular complexity index is 796. The Kier molecular flexibility index (Phi) is 10.2. The first kappa shape index (κ1) is 27.0. The molecule has 2 fully saturated rings. The highest BCUT2D eigenvalue weighted by Crippen LogP contribution is 2.42. The van der Waals surface area contributed by atoms with E-state index in [0.29, 0.717) is 37.5 Å². The molecule has 1 amide bonds. The van der Waals surface area contributed by atoms with Crippen LogP contribution in [0.3, 0.4) is 0 Å². The van der Waals surface area contributed by atoms with Gasteiger partial charge in [-0.25, -0.2) is 4.79 Å². The van der Waals surface area contributed by atoms with E-state index in [1.165, 1.54) is 11.8 Å². The van der Waals surface area contributed by atoms with E-state index in [-0.39, 0.29) is 36.1 Å². The number of amides is 1. The van der Waals surface area contributed by atoms with Crippen LogP contribution in [0.25, 0.3) is 0 Å². The van der Waals surface area contributed by atoms with Gasteiger partial charge in [-0.15, -0.1) is 0 Å². The zero-order valence-corrected chi connectivity index (χ0v) is 21.4. The zero-order chi connectivity index (χ0) is 24.6. The predicted octanol–water partition coefficient (Wildman–Crippen LogP) is 4.61. The summed E-state index contributed by atoms with van der Waals surface area (Å²) in [5.74, 6) is -0.483. The number of hydrogen-bond donors (Lipinski definition) is 1. The van der Waals surface area contributed by atoms with Gasteiger partial charge in [-0.1, -0.05) is 48.6 Å². The Balaban J connectivity index is 1.86. The van der Waals surface area contributed by atoms with Gasteiger partial charge in [0.25, 0.3) is 5.24 Å². The van der Waals surface area contributed by atoms with Gasteiger partial charge < -0.3 is 24.2 Å². The normalized spacial score (nSPS) is 37.1. The molecule has 0 radical (unpaired) electrons. The van der Waals surface area contributed by atoms with Crippen molar-refractivity contribution in [1.82, 2.24) is 4.90 Å². The summed E-state index contributed by atoms with van der Waals surface area (Å²) in [7, 11) is 1.60. The molecule has 2 saturated heterocycles. The minimum Gasteiger partial charge on any atom is -0.459 e. The van der Waals surface area contributed by atoms with Gasteiger partial charge in [-0.2, -0.15) is 0 Å². The fourth-order valence-corrected chi connectivity index (χ4v) is 6.00. The minimum atomic E-state index is -1.06. The molecule has 3 aliphatic rings. The second-order valence-corrected chi connectivity index (χ2v) is 10.5. The van der Waals surface area contributed by atoms with Crippen LogP contribution in [0.5, 0.6) is 0 Å². The molecular weight excluding hydrogens is 454 g/mol. The van der Waals surface area contributed by atoms with E-state index in [2.05, 4.69) is 31.2 Å². The number of fused-ring (bicyclic) bond motifs is 2. The summed E-state index contributed by atoms with van der Waals surface area (Å²) in [4.78, 5) is 27.1. The average Bonchev–Trinajstić information content (AvgIpc) is 3.18. The molecule has 0 aromatic heterocycles. The molecule has 5 atom stereocenters. The average molecular weight is 494 g/mol. The maximum absolute atomic E-state index is 12.7. The van der Waals surface area contributed by atoms with Gasteiger partial charge in [0.15, 0.2) is 5.79 Å². The van der Waals surface area contributed by atoms with E-state index in [9.17, 15) is 14.7 Å². The van der Waals surface area contributed by atoms with Crippen molar-refractivity contribution in [3.8, 4) is 0 Å². The number of carbonyl (C=O) groups is 2. The molecule has 2 bridgehead atoms. The third-order valence-electron chi connectivity index (χ3n) is 6.77. The second-order valence-electron chi connectivity index (χ2n) is 9.51. The number of esters is 1. The number of nitrogens with zero attached hydrogens (tertiary/aromatic N) is 1. The van der Waals surface area contributed by atoms with Gasteiger partial charge in [0, 0.05) is 44.9 Å². The van der Waals surface area contributed by atoms with Gasteiger partial charge in [-0.3, -0.25) is 4.79 Å². The van der Waals surface area contributed by atoms with Crippen molar-refractivity contribution < 1.29 is 28.9 Å². The predicted molar refractivity (Wildman–Crippen MR) is 133 cm³/mol. The van der Waals surface area contributed by atoms with Crippen molar-refractivity contribution in [3.63, 3.8) is 0 Å². The van der Waals surface area contributed by atoms with Crippen molar-refractivity contribution in [1.29, 1.82) is 0 Å². The number of carbonyl (C=O) groups excluding carboxylic acids is 2. The number of allylic oxidation sites excluding steroid dienone is 5. The fraction of sp³-hybridized carbons (Fsp3) is 0.692. The quantitative estimate of drug-likeness (QED) is 0.560. The van der Waals surface area contributed by atoms with E-state index in [1.807, 2.05) is 6.92 Å². The number of rotatable bonds is 5. The lowest BCUT2D eigenvalue weighted by Gasteiger charge is -2.48. The van der Waals surface area contributed by atoms with Crippen molar-refractivity contribution >= 4 is 23.0 Å². The van der Waals surface area contributed by atoms with Crippen LogP contribution in [0, 0.1) is 5.92 Å². The van der Waals surface area contributed by atoms with Crippen LogP contribution in [0.2, 0.25) is 0 Å². The van der Waals surface area contributed by atoms with Gasteiger partial charge in [-0.05, 0) is 44.9 Å².